The van der Waals surface area contributed by atoms with Crippen molar-refractivity contribution in [3.05, 3.63) is 35.4 Å². The molecule has 1 rings (SSSR count). The fraction of sp³-hybridized carbons (Fsp3) is 0.571. The highest BCUT2D eigenvalue weighted by molar-refractivity contribution is 5.25. The highest BCUT2D eigenvalue weighted by atomic mass is 15.1. The largest absolute Gasteiger partial charge is 0.318 e. The molecular formula is C14H24N2. The highest BCUT2D eigenvalue weighted by Crippen LogP contribution is 2.18. The minimum Gasteiger partial charge on any atom is -0.318 e. The van der Waals surface area contributed by atoms with Gasteiger partial charge in [-0.15, -0.1) is 0 Å². The van der Waals surface area contributed by atoms with Crippen molar-refractivity contribution >= 4 is 0 Å². The Morgan fingerprint density at radius 2 is 1.88 bits per heavy atom. The summed E-state index contributed by atoms with van der Waals surface area (Å²) in [5.74, 6) is 0.667. The van der Waals surface area contributed by atoms with Crippen LogP contribution in [0, 0.1) is 0 Å². The fourth-order valence-corrected chi connectivity index (χ4v) is 1.66. The third-order valence-corrected chi connectivity index (χ3v) is 3.26. The first-order chi connectivity index (χ1) is 7.67. The van der Waals surface area contributed by atoms with E-state index in [1.54, 1.807) is 0 Å². The van der Waals surface area contributed by atoms with Crippen molar-refractivity contribution in [1.29, 1.82) is 0 Å². The molecule has 0 radical (unpaired) electrons. The van der Waals surface area contributed by atoms with E-state index in [-0.39, 0.29) is 0 Å². The number of hydrogen-bond acceptors (Lipinski definition) is 2. The van der Waals surface area contributed by atoms with Crippen LogP contribution in [0.5, 0.6) is 0 Å². The number of hydrogen-bond donors (Lipinski definition) is 1. The van der Waals surface area contributed by atoms with E-state index in [1.807, 2.05) is 7.05 Å². The first kappa shape index (κ1) is 13.2. The zero-order chi connectivity index (χ0) is 12.0. The van der Waals surface area contributed by atoms with Gasteiger partial charge in [0.1, 0.15) is 0 Å². The molecule has 2 nitrogen and oxygen atoms in total. The summed E-state index contributed by atoms with van der Waals surface area (Å²) in [5, 5.41) is 0. The van der Waals surface area contributed by atoms with Gasteiger partial charge in [-0.2, -0.15) is 0 Å². The van der Waals surface area contributed by atoms with E-state index in [2.05, 4.69) is 43.0 Å². The molecule has 2 heteroatoms. The topological polar surface area (TPSA) is 29.3 Å². The van der Waals surface area contributed by atoms with Crippen molar-refractivity contribution in [1.82, 2.24) is 4.90 Å². The number of nitrogens with zero attached hydrogens (tertiary/aromatic N) is 1. The quantitative estimate of drug-likeness (QED) is 0.747. The van der Waals surface area contributed by atoms with Gasteiger partial charge >= 0.3 is 0 Å². The first-order valence-corrected chi connectivity index (χ1v) is 6.14. The van der Waals surface area contributed by atoms with Crippen LogP contribution >= 0.6 is 0 Å². The van der Waals surface area contributed by atoms with Gasteiger partial charge in [-0.05, 0) is 36.9 Å². The molecule has 0 heterocycles. The summed E-state index contributed by atoms with van der Waals surface area (Å²) in [6.45, 7) is 6.16. The van der Waals surface area contributed by atoms with Gasteiger partial charge in [0.05, 0.1) is 0 Å². The van der Waals surface area contributed by atoms with E-state index in [0.29, 0.717) is 12.6 Å². The van der Waals surface area contributed by atoms with Gasteiger partial charge in [0.15, 0.2) is 0 Å². The number of rotatable bonds is 6. The van der Waals surface area contributed by atoms with E-state index in [0.717, 1.165) is 13.0 Å². The number of nitrogens with two attached hydrogens (primary N) is 1. The lowest BCUT2D eigenvalue weighted by molar-refractivity contribution is 0.349. The second-order valence-corrected chi connectivity index (χ2v) is 4.56. The fourth-order valence-electron chi connectivity index (χ4n) is 1.66. The minimum atomic E-state index is 0.630. The predicted octanol–water partition coefficient (Wildman–Crippen LogP) is 2.59. The molecule has 90 valence electrons. The van der Waals surface area contributed by atoms with Crippen molar-refractivity contribution in [3.8, 4) is 0 Å². The third-order valence-electron chi connectivity index (χ3n) is 3.26. The van der Waals surface area contributed by atoms with Gasteiger partial charge in [-0.3, -0.25) is 4.90 Å². The van der Waals surface area contributed by atoms with Crippen molar-refractivity contribution in [2.75, 3.05) is 20.3 Å². The van der Waals surface area contributed by atoms with Gasteiger partial charge in [0, 0.05) is 13.2 Å². The zero-order valence-electron chi connectivity index (χ0n) is 10.7. The normalized spacial score (nSPS) is 13.1. The van der Waals surface area contributed by atoms with Crippen molar-refractivity contribution in [2.45, 2.75) is 32.6 Å². The summed E-state index contributed by atoms with van der Waals surface area (Å²) in [4.78, 5) is 2.13. The maximum absolute atomic E-state index is 5.54. The van der Waals surface area contributed by atoms with Crippen LogP contribution in [-0.2, 0) is 6.42 Å². The van der Waals surface area contributed by atoms with Gasteiger partial charge in [0.2, 0.25) is 0 Å². The first-order valence-electron chi connectivity index (χ1n) is 6.14. The van der Waals surface area contributed by atoms with Crippen molar-refractivity contribution in [2.24, 2.45) is 5.73 Å². The highest BCUT2D eigenvalue weighted by Gasteiger charge is 2.02. The van der Waals surface area contributed by atoms with Gasteiger partial charge in [-0.25, -0.2) is 0 Å². The SMILES string of the molecule is CCC(C)c1ccc(CCN(C)CN)cc1. The van der Waals surface area contributed by atoms with Crippen LogP contribution in [0.15, 0.2) is 24.3 Å². The molecule has 1 aromatic carbocycles. The molecule has 2 N–H and O–H groups in total. The molecule has 0 saturated carbocycles. The molecule has 0 aromatic heterocycles. The van der Waals surface area contributed by atoms with Crippen LogP contribution in [-0.4, -0.2) is 25.2 Å². The van der Waals surface area contributed by atoms with Gasteiger partial charge < -0.3 is 5.73 Å². The smallest absolute Gasteiger partial charge is 0.0452 e. The maximum atomic E-state index is 5.54. The molecule has 1 unspecified atom stereocenters. The third kappa shape index (κ3) is 3.95. The molecule has 0 aliphatic carbocycles. The van der Waals surface area contributed by atoms with Crippen LogP contribution in [0.25, 0.3) is 0 Å². The molecule has 0 spiro atoms. The summed E-state index contributed by atoms with van der Waals surface area (Å²) in [6, 6.07) is 9.00. The standard InChI is InChI=1S/C14H24N2/c1-4-12(2)14-7-5-13(6-8-14)9-10-16(3)11-15/h5-8,12H,4,9-11,15H2,1-3H3. The Balaban J connectivity index is 2.51. The lowest BCUT2D eigenvalue weighted by Gasteiger charge is -2.14. The minimum absolute atomic E-state index is 0.630. The summed E-state index contributed by atoms with van der Waals surface area (Å²) >= 11 is 0. The average Bonchev–Trinajstić information content (AvgIpc) is 2.35. The summed E-state index contributed by atoms with van der Waals surface area (Å²) < 4.78 is 0. The molecule has 1 aromatic rings. The van der Waals surface area contributed by atoms with Crippen molar-refractivity contribution in [3.63, 3.8) is 0 Å². The Hall–Kier alpha value is -0.860. The Labute approximate surface area is 99.5 Å². The van der Waals surface area contributed by atoms with Crippen LogP contribution in [0.4, 0.5) is 0 Å². The molecule has 16 heavy (non-hydrogen) atoms. The van der Waals surface area contributed by atoms with Gasteiger partial charge in [-0.1, -0.05) is 38.1 Å². The maximum Gasteiger partial charge on any atom is 0.0452 e. The lowest BCUT2D eigenvalue weighted by Crippen LogP contribution is -2.27. The lowest BCUT2D eigenvalue weighted by atomic mass is 9.97. The van der Waals surface area contributed by atoms with Crippen LogP contribution in [0.3, 0.4) is 0 Å². The van der Waals surface area contributed by atoms with E-state index in [1.165, 1.54) is 17.5 Å². The molecule has 0 aliphatic rings. The second kappa shape index (κ2) is 6.66. The summed E-state index contributed by atoms with van der Waals surface area (Å²) in [7, 11) is 2.05. The summed E-state index contributed by atoms with van der Waals surface area (Å²) in [5.41, 5.74) is 8.38. The molecular weight excluding hydrogens is 196 g/mol. The Morgan fingerprint density at radius 1 is 1.25 bits per heavy atom. The molecule has 0 fully saturated rings. The molecule has 0 amide bonds. The van der Waals surface area contributed by atoms with E-state index in [9.17, 15) is 0 Å². The average molecular weight is 220 g/mol. The zero-order valence-corrected chi connectivity index (χ0v) is 10.7. The Bertz CT molecular complexity index is 292. The number of benzene rings is 1. The molecule has 1 atom stereocenters. The molecule has 0 bridgehead atoms. The van der Waals surface area contributed by atoms with E-state index < -0.39 is 0 Å². The Morgan fingerprint density at radius 3 is 2.38 bits per heavy atom. The van der Waals surface area contributed by atoms with E-state index in [4.69, 9.17) is 5.73 Å². The van der Waals surface area contributed by atoms with Gasteiger partial charge in [0.25, 0.3) is 0 Å². The second-order valence-electron chi connectivity index (χ2n) is 4.56. The van der Waals surface area contributed by atoms with Crippen molar-refractivity contribution < 1.29 is 0 Å². The molecule has 0 saturated heterocycles. The number of likely N-dealkylation sites (N-methyl/N-ethyl adjacent to an activating group) is 1. The monoisotopic (exact) mass is 220 g/mol. The molecule has 0 aliphatic heterocycles. The van der Waals surface area contributed by atoms with Crippen LogP contribution in [0.2, 0.25) is 0 Å². The van der Waals surface area contributed by atoms with Crippen LogP contribution < -0.4 is 5.73 Å². The van der Waals surface area contributed by atoms with Crippen LogP contribution in [0.1, 0.15) is 37.3 Å². The summed E-state index contributed by atoms with van der Waals surface area (Å²) in [6.07, 6.45) is 2.28. The predicted molar refractivity (Wildman–Crippen MR) is 70.5 cm³/mol. The Kier molecular flexibility index (Phi) is 5.50. The van der Waals surface area contributed by atoms with E-state index >= 15 is 0 Å².